The van der Waals surface area contributed by atoms with Crippen molar-refractivity contribution >= 4 is 34.5 Å². The predicted molar refractivity (Wildman–Crippen MR) is 84.6 cm³/mol. The van der Waals surface area contributed by atoms with Gasteiger partial charge in [0.2, 0.25) is 0 Å². The van der Waals surface area contributed by atoms with Gasteiger partial charge in [-0.15, -0.1) is 0 Å². The van der Waals surface area contributed by atoms with E-state index >= 15 is 0 Å². The molecule has 1 amide bonds. The van der Waals surface area contributed by atoms with E-state index in [4.69, 9.17) is 4.74 Å². The Kier molecular flexibility index (Phi) is 5.43. The Bertz CT molecular complexity index is 607. The molecule has 0 aliphatic carbocycles. The molecule has 1 heterocycles. The number of hydrogen-bond donors (Lipinski definition) is 2. The third-order valence-corrected chi connectivity index (χ3v) is 3.11. The van der Waals surface area contributed by atoms with Crippen LogP contribution in [0.5, 0.6) is 11.5 Å². The molecule has 0 bridgehead atoms. The van der Waals surface area contributed by atoms with Gasteiger partial charge in [0.05, 0.1) is 0 Å². The summed E-state index contributed by atoms with van der Waals surface area (Å²) in [6.45, 7) is 0.500. The maximum Gasteiger partial charge on any atom is 0.270 e. The first kappa shape index (κ1) is 14.9. The number of thiol groups is 1. The maximum absolute atomic E-state index is 11.8. The smallest absolute Gasteiger partial charge is 0.270 e. The van der Waals surface area contributed by atoms with Gasteiger partial charge in [-0.3, -0.25) is 9.78 Å². The first-order chi connectivity index (χ1) is 9.69. The van der Waals surface area contributed by atoms with Crippen LogP contribution in [0.25, 0.3) is 0 Å². The zero-order chi connectivity index (χ0) is 14.4. The van der Waals surface area contributed by atoms with Gasteiger partial charge < -0.3 is 10.1 Å². The molecule has 0 saturated heterocycles. The summed E-state index contributed by atoms with van der Waals surface area (Å²) in [5, 5.41) is 2.71. The van der Waals surface area contributed by atoms with Gasteiger partial charge in [0.1, 0.15) is 17.2 Å². The third kappa shape index (κ3) is 4.25. The number of aromatic nitrogens is 1. The lowest BCUT2D eigenvalue weighted by atomic mass is 10.3. The van der Waals surface area contributed by atoms with Crippen molar-refractivity contribution in [3.63, 3.8) is 0 Å². The van der Waals surface area contributed by atoms with E-state index in [0.717, 1.165) is 4.47 Å². The van der Waals surface area contributed by atoms with Gasteiger partial charge in [-0.25, -0.2) is 0 Å². The van der Waals surface area contributed by atoms with E-state index in [2.05, 4.69) is 38.9 Å². The topological polar surface area (TPSA) is 51.2 Å². The standard InChI is InChI=1S/C14H13BrN2O2S/c15-10-2-1-3-11(8-10)19-12-4-5-16-13(9-12)14(18)17-6-7-20/h1-5,8-9,20H,6-7H2,(H,17,18). The highest BCUT2D eigenvalue weighted by molar-refractivity contribution is 9.10. The Balaban J connectivity index is 2.11. The average molecular weight is 353 g/mol. The molecule has 0 radical (unpaired) electrons. The molecule has 6 heteroatoms. The number of rotatable bonds is 5. The van der Waals surface area contributed by atoms with Crippen molar-refractivity contribution < 1.29 is 9.53 Å². The van der Waals surface area contributed by atoms with Crippen LogP contribution < -0.4 is 10.1 Å². The largest absolute Gasteiger partial charge is 0.457 e. The molecule has 2 rings (SSSR count). The highest BCUT2D eigenvalue weighted by Gasteiger charge is 2.08. The van der Waals surface area contributed by atoms with Crippen LogP contribution in [-0.2, 0) is 0 Å². The van der Waals surface area contributed by atoms with Crippen molar-refractivity contribution in [1.82, 2.24) is 10.3 Å². The van der Waals surface area contributed by atoms with E-state index in [1.807, 2.05) is 24.3 Å². The van der Waals surface area contributed by atoms with Crippen molar-refractivity contribution in [2.75, 3.05) is 12.3 Å². The van der Waals surface area contributed by atoms with Gasteiger partial charge in [0, 0.05) is 29.0 Å². The average Bonchev–Trinajstić information content (AvgIpc) is 2.45. The molecule has 104 valence electrons. The van der Waals surface area contributed by atoms with Crippen molar-refractivity contribution in [1.29, 1.82) is 0 Å². The summed E-state index contributed by atoms with van der Waals surface area (Å²) in [6, 6.07) is 10.8. The first-order valence-corrected chi connectivity index (χ1v) is 7.40. The highest BCUT2D eigenvalue weighted by atomic mass is 79.9. The Morgan fingerprint density at radius 2 is 2.10 bits per heavy atom. The second kappa shape index (κ2) is 7.31. The van der Waals surface area contributed by atoms with E-state index < -0.39 is 0 Å². The second-order valence-corrected chi connectivity index (χ2v) is 5.28. The van der Waals surface area contributed by atoms with Crippen LogP contribution in [0.2, 0.25) is 0 Å². The van der Waals surface area contributed by atoms with E-state index in [1.165, 1.54) is 0 Å². The quantitative estimate of drug-likeness (QED) is 0.811. The summed E-state index contributed by atoms with van der Waals surface area (Å²) in [7, 11) is 0. The summed E-state index contributed by atoms with van der Waals surface area (Å²) in [5.74, 6) is 1.60. The molecule has 20 heavy (non-hydrogen) atoms. The van der Waals surface area contributed by atoms with Crippen molar-refractivity contribution in [2.45, 2.75) is 0 Å². The van der Waals surface area contributed by atoms with Gasteiger partial charge in [-0.05, 0) is 24.3 Å². The minimum Gasteiger partial charge on any atom is -0.457 e. The molecule has 0 unspecified atom stereocenters. The molecule has 0 spiro atoms. The van der Waals surface area contributed by atoms with Gasteiger partial charge in [0.25, 0.3) is 5.91 Å². The number of halogens is 1. The molecule has 2 aromatic rings. The number of ether oxygens (including phenoxy) is 1. The zero-order valence-corrected chi connectivity index (χ0v) is 13.0. The Morgan fingerprint density at radius 1 is 1.30 bits per heavy atom. The molecule has 0 aliphatic heterocycles. The molecule has 1 N–H and O–H groups in total. The van der Waals surface area contributed by atoms with Crippen LogP contribution in [0, 0.1) is 0 Å². The lowest BCUT2D eigenvalue weighted by Gasteiger charge is -2.07. The zero-order valence-electron chi connectivity index (χ0n) is 10.5. The molecule has 0 fully saturated rings. The first-order valence-electron chi connectivity index (χ1n) is 5.97. The van der Waals surface area contributed by atoms with E-state index in [1.54, 1.807) is 18.3 Å². The maximum atomic E-state index is 11.8. The molecular weight excluding hydrogens is 340 g/mol. The monoisotopic (exact) mass is 352 g/mol. The van der Waals surface area contributed by atoms with Crippen LogP contribution in [0.1, 0.15) is 10.5 Å². The number of amides is 1. The van der Waals surface area contributed by atoms with Crippen LogP contribution in [-0.4, -0.2) is 23.2 Å². The number of benzene rings is 1. The molecule has 4 nitrogen and oxygen atoms in total. The lowest BCUT2D eigenvalue weighted by molar-refractivity contribution is 0.0951. The fraction of sp³-hybridized carbons (Fsp3) is 0.143. The normalized spacial score (nSPS) is 10.1. The van der Waals surface area contributed by atoms with E-state index in [9.17, 15) is 4.79 Å². The minimum absolute atomic E-state index is 0.237. The molecule has 0 aliphatic rings. The minimum atomic E-state index is -0.237. The van der Waals surface area contributed by atoms with Gasteiger partial charge in [0.15, 0.2) is 0 Å². The van der Waals surface area contributed by atoms with Crippen LogP contribution in [0.15, 0.2) is 47.1 Å². The summed E-state index contributed by atoms with van der Waals surface area (Å²) in [6.07, 6.45) is 1.54. The lowest BCUT2D eigenvalue weighted by Crippen LogP contribution is -2.26. The number of pyridine rings is 1. The van der Waals surface area contributed by atoms with Crippen LogP contribution in [0.3, 0.4) is 0 Å². The van der Waals surface area contributed by atoms with Crippen molar-refractivity contribution in [3.05, 3.63) is 52.8 Å². The van der Waals surface area contributed by atoms with Crippen molar-refractivity contribution in [3.8, 4) is 11.5 Å². The molecule has 0 atom stereocenters. The van der Waals surface area contributed by atoms with Crippen LogP contribution >= 0.6 is 28.6 Å². The number of carbonyl (C=O) groups is 1. The Hall–Kier alpha value is -1.53. The number of hydrogen-bond acceptors (Lipinski definition) is 4. The number of nitrogens with one attached hydrogen (secondary N) is 1. The second-order valence-electron chi connectivity index (χ2n) is 3.92. The fourth-order valence-electron chi connectivity index (χ4n) is 1.53. The highest BCUT2D eigenvalue weighted by Crippen LogP contribution is 2.24. The van der Waals surface area contributed by atoms with Gasteiger partial charge >= 0.3 is 0 Å². The summed E-state index contributed by atoms with van der Waals surface area (Å²) in [5.41, 5.74) is 0.319. The summed E-state index contributed by atoms with van der Waals surface area (Å²) in [4.78, 5) is 15.8. The number of nitrogens with zero attached hydrogens (tertiary/aromatic N) is 1. The molecule has 0 saturated carbocycles. The molecule has 1 aromatic carbocycles. The predicted octanol–water partition coefficient (Wildman–Crippen LogP) is 3.30. The Labute approximate surface area is 131 Å². The van der Waals surface area contributed by atoms with Crippen molar-refractivity contribution in [2.24, 2.45) is 0 Å². The SMILES string of the molecule is O=C(NCCS)c1cc(Oc2cccc(Br)c2)ccn1. The van der Waals surface area contributed by atoms with Gasteiger partial charge in [-0.2, -0.15) is 12.6 Å². The van der Waals surface area contributed by atoms with Crippen LogP contribution in [0.4, 0.5) is 0 Å². The summed E-state index contributed by atoms with van der Waals surface area (Å²) < 4.78 is 6.62. The van der Waals surface area contributed by atoms with E-state index in [0.29, 0.717) is 29.5 Å². The molecule has 1 aromatic heterocycles. The van der Waals surface area contributed by atoms with E-state index in [-0.39, 0.29) is 5.91 Å². The Morgan fingerprint density at radius 3 is 2.85 bits per heavy atom. The molecular formula is C14H13BrN2O2S. The van der Waals surface area contributed by atoms with Gasteiger partial charge in [-0.1, -0.05) is 22.0 Å². The number of carbonyl (C=O) groups excluding carboxylic acids is 1. The third-order valence-electron chi connectivity index (χ3n) is 2.39. The summed E-state index contributed by atoms with van der Waals surface area (Å²) >= 11 is 7.42. The fourth-order valence-corrected chi connectivity index (χ4v) is 2.02.